The number of thioether (sulfide) groups is 1. The third kappa shape index (κ3) is 8.21. The summed E-state index contributed by atoms with van der Waals surface area (Å²) in [4.78, 5) is 0. The molecular weight excluding hydrogens is 154 g/mol. The molecule has 0 rings (SSSR count). The lowest BCUT2D eigenvalue weighted by Crippen LogP contribution is -2.23. The van der Waals surface area contributed by atoms with E-state index in [2.05, 4.69) is 37.8 Å². The second-order valence-corrected chi connectivity index (χ2v) is 4.43. The molecule has 0 aromatic rings. The lowest BCUT2D eigenvalue weighted by Gasteiger charge is -2.10. The first-order valence-corrected chi connectivity index (χ1v) is 5.68. The molecule has 11 heavy (non-hydrogen) atoms. The zero-order valence-corrected chi connectivity index (χ0v) is 8.84. The average molecular weight is 175 g/mol. The van der Waals surface area contributed by atoms with Gasteiger partial charge in [0.15, 0.2) is 0 Å². The summed E-state index contributed by atoms with van der Waals surface area (Å²) < 4.78 is 0. The first-order chi connectivity index (χ1) is 5.31. The van der Waals surface area contributed by atoms with E-state index in [1.54, 1.807) is 0 Å². The highest BCUT2D eigenvalue weighted by Crippen LogP contribution is 2.09. The zero-order valence-electron chi connectivity index (χ0n) is 8.02. The summed E-state index contributed by atoms with van der Waals surface area (Å²) in [5.41, 5.74) is 0. The smallest absolute Gasteiger partial charge is 0.0144 e. The van der Waals surface area contributed by atoms with Gasteiger partial charge in [0, 0.05) is 11.8 Å². The molecule has 0 heterocycles. The van der Waals surface area contributed by atoms with E-state index >= 15 is 0 Å². The zero-order chi connectivity index (χ0) is 8.53. The van der Waals surface area contributed by atoms with Gasteiger partial charge in [-0.2, -0.15) is 11.8 Å². The van der Waals surface area contributed by atoms with Crippen molar-refractivity contribution in [3.8, 4) is 0 Å². The summed E-state index contributed by atoms with van der Waals surface area (Å²) in [6.07, 6.45) is 2.54. The molecule has 1 atom stereocenters. The molecule has 0 aliphatic heterocycles. The first-order valence-electron chi connectivity index (χ1n) is 4.63. The monoisotopic (exact) mass is 175 g/mol. The third-order valence-corrected chi connectivity index (χ3v) is 2.84. The molecule has 1 N–H and O–H groups in total. The highest BCUT2D eigenvalue weighted by Gasteiger charge is 1.99. The second kappa shape index (κ2) is 8.41. The maximum atomic E-state index is 3.42. The Hall–Kier alpha value is 0.310. The Morgan fingerprint density at radius 3 is 2.55 bits per heavy atom. The highest BCUT2D eigenvalue weighted by atomic mass is 32.2. The number of rotatable bonds is 7. The molecule has 0 spiro atoms. The van der Waals surface area contributed by atoms with E-state index < -0.39 is 0 Å². The van der Waals surface area contributed by atoms with Crippen molar-refractivity contribution in [3.63, 3.8) is 0 Å². The van der Waals surface area contributed by atoms with Gasteiger partial charge >= 0.3 is 0 Å². The van der Waals surface area contributed by atoms with Gasteiger partial charge < -0.3 is 5.32 Å². The minimum absolute atomic E-state index is 0.779. The van der Waals surface area contributed by atoms with Crippen molar-refractivity contribution in [2.75, 3.05) is 18.8 Å². The van der Waals surface area contributed by atoms with Crippen LogP contribution in [0.25, 0.3) is 0 Å². The van der Waals surface area contributed by atoms with Crippen LogP contribution in [0.2, 0.25) is 0 Å². The summed E-state index contributed by atoms with van der Waals surface area (Å²) in [7, 11) is 0. The summed E-state index contributed by atoms with van der Waals surface area (Å²) in [5, 5.41) is 4.20. The number of nitrogens with one attached hydrogen (secondary N) is 1. The molecular formula is C9H21NS. The molecule has 0 radical (unpaired) electrons. The Morgan fingerprint density at radius 1 is 1.27 bits per heavy atom. The van der Waals surface area contributed by atoms with Crippen LogP contribution in [0, 0.1) is 0 Å². The van der Waals surface area contributed by atoms with E-state index in [0.29, 0.717) is 0 Å². The predicted octanol–water partition coefficient (Wildman–Crippen LogP) is 2.52. The Labute approximate surface area is 75.3 Å². The van der Waals surface area contributed by atoms with E-state index in [-0.39, 0.29) is 0 Å². The van der Waals surface area contributed by atoms with Crippen LogP contribution >= 0.6 is 11.8 Å². The normalized spacial score (nSPS) is 13.4. The van der Waals surface area contributed by atoms with Crippen LogP contribution in [0.5, 0.6) is 0 Å². The minimum atomic E-state index is 0.779. The third-order valence-electron chi connectivity index (χ3n) is 1.47. The van der Waals surface area contributed by atoms with Gasteiger partial charge in [-0.1, -0.05) is 20.8 Å². The molecule has 0 fully saturated rings. The van der Waals surface area contributed by atoms with Gasteiger partial charge in [-0.15, -0.1) is 0 Å². The van der Waals surface area contributed by atoms with Gasteiger partial charge in [0.2, 0.25) is 0 Å². The van der Waals surface area contributed by atoms with Crippen LogP contribution in [0.4, 0.5) is 0 Å². The molecule has 2 heteroatoms. The van der Waals surface area contributed by atoms with Crippen LogP contribution in [-0.2, 0) is 0 Å². The SMILES string of the molecule is CCCNCC(C)SCCC. The first kappa shape index (κ1) is 11.3. The number of hydrogen-bond acceptors (Lipinski definition) is 2. The van der Waals surface area contributed by atoms with Crippen molar-refractivity contribution < 1.29 is 0 Å². The van der Waals surface area contributed by atoms with Crippen LogP contribution in [0.1, 0.15) is 33.6 Å². The summed E-state index contributed by atoms with van der Waals surface area (Å²) in [6, 6.07) is 0. The lowest BCUT2D eigenvalue weighted by atomic mass is 10.4. The van der Waals surface area contributed by atoms with Gasteiger partial charge in [0.25, 0.3) is 0 Å². The van der Waals surface area contributed by atoms with Crippen molar-refractivity contribution in [2.45, 2.75) is 38.9 Å². The van der Waals surface area contributed by atoms with Gasteiger partial charge in [0.05, 0.1) is 0 Å². The minimum Gasteiger partial charge on any atom is -0.316 e. The maximum Gasteiger partial charge on any atom is 0.0144 e. The molecule has 0 saturated heterocycles. The molecule has 0 aliphatic carbocycles. The fourth-order valence-corrected chi connectivity index (χ4v) is 1.73. The largest absolute Gasteiger partial charge is 0.316 e. The van der Waals surface area contributed by atoms with Crippen LogP contribution < -0.4 is 5.32 Å². The Balaban J connectivity index is 3.02. The Bertz CT molecular complexity index is 76.0. The molecule has 0 amide bonds. The summed E-state index contributed by atoms with van der Waals surface area (Å²) in [5.74, 6) is 1.30. The van der Waals surface area contributed by atoms with E-state index in [1.807, 2.05) is 0 Å². The fourth-order valence-electron chi connectivity index (χ4n) is 0.860. The van der Waals surface area contributed by atoms with Crippen molar-refractivity contribution in [1.29, 1.82) is 0 Å². The van der Waals surface area contributed by atoms with Crippen molar-refractivity contribution >= 4 is 11.8 Å². The maximum absolute atomic E-state index is 3.42. The van der Waals surface area contributed by atoms with Crippen LogP contribution in [-0.4, -0.2) is 24.1 Å². The van der Waals surface area contributed by atoms with E-state index in [1.165, 1.54) is 25.1 Å². The molecule has 1 unspecified atom stereocenters. The van der Waals surface area contributed by atoms with Crippen LogP contribution in [0.3, 0.4) is 0 Å². The van der Waals surface area contributed by atoms with Gasteiger partial charge in [-0.3, -0.25) is 0 Å². The quantitative estimate of drug-likeness (QED) is 0.597. The van der Waals surface area contributed by atoms with Crippen molar-refractivity contribution in [2.24, 2.45) is 0 Å². The summed E-state index contributed by atoms with van der Waals surface area (Å²) >= 11 is 2.06. The van der Waals surface area contributed by atoms with Crippen LogP contribution in [0.15, 0.2) is 0 Å². The van der Waals surface area contributed by atoms with Crippen molar-refractivity contribution in [3.05, 3.63) is 0 Å². The van der Waals surface area contributed by atoms with Gasteiger partial charge in [0.1, 0.15) is 0 Å². The fraction of sp³-hybridized carbons (Fsp3) is 1.00. The molecule has 0 aromatic heterocycles. The highest BCUT2D eigenvalue weighted by molar-refractivity contribution is 7.99. The molecule has 0 aromatic carbocycles. The Morgan fingerprint density at radius 2 is 2.00 bits per heavy atom. The standard InChI is InChI=1S/C9H21NS/c1-4-6-10-8-9(3)11-7-5-2/h9-10H,4-8H2,1-3H3. The average Bonchev–Trinajstić information content (AvgIpc) is 2.01. The molecule has 0 saturated carbocycles. The number of hydrogen-bond donors (Lipinski definition) is 1. The Kier molecular flexibility index (Phi) is 8.64. The van der Waals surface area contributed by atoms with Gasteiger partial charge in [-0.05, 0) is 25.1 Å². The van der Waals surface area contributed by atoms with E-state index in [9.17, 15) is 0 Å². The molecule has 0 aliphatic rings. The molecule has 1 nitrogen and oxygen atoms in total. The second-order valence-electron chi connectivity index (χ2n) is 2.89. The topological polar surface area (TPSA) is 12.0 Å². The molecule has 0 bridgehead atoms. The van der Waals surface area contributed by atoms with E-state index in [4.69, 9.17) is 0 Å². The van der Waals surface area contributed by atoms with Gasteiger partial charge in [-0.25, -0.2) is 0 Å². The van der Waals surface area contributed by atoms with Crippen molar-refractivity contribution in [1.82, 2.24) is 5.32 Å². The lowest BCUT2D eigenvalue weighted by molar-refractivity contribution is 0.669. The molecule has 68 valence electrons. The predicted molar refractivity (Wildman–Crippen MR) is 55.4 cm³/mol. The van der Waals surface area contributed by atoms with E-state index in [0.717, 1.165) is 11.8 Å². The summed E-state index contributed by atoms with van der Waals surface area (Å²) in [6.45, 7) is 9.06.